The summed E-state index contributed by atoms with van der Waals surface area (Å²) < 4.78 is 10.5. The van der Waals surface area contributed by atoms with Crippen LogP contribution in [0.2, 0.25) is 0 Å². The van der Waals surface area contributed by atoms with Gasteiger partial charge in [-0.05, 0) is 43.6 Å². The lowest BCUT2D eigenvalue weighted by atomic mass is 10.1. The molecule has 6 heteroatoms. The second-order valence-corrected chi connectivity index (χ2v) is 5.81. The molecule has 0 fully saturated rings. The first kappa shape index (κ1) is 14.0. The average molecular weight is 294 g/mol. The number of ketones is 1. The molecule has 19 heavy (non-hydrogen) atoms. The first-order valence-corrected chi connectivity index (χ1v) is 7.62. The molecule has 0 amide bonds. The highest BCUT2D eigenvalue weighted by Gasteiger charge is 2.09. The van der Waals surface area contributed by atoms with Crippen LogP contribution in [0.3, 0.4) is 0 Å². The molecule has 0 saturated carbocycles. The average Bonchev–Trinajstić information content (AvgIpc) is 2.90. The molecule has 4 nitrogen and oxygen atoms in total. The molecule has 0 saturated heterocycles. The Morgan fingerprint density at radius 3 is 2.95 bits per heavy atom. The molecule has 0 aliphatic rings. The lowest BCUT2D eigenvalue weighted by Gasteiger charge is -2.10. The fourth-order valence-electron chi connectivity index (χ4n) is 1.57. The third-order valence-corrected chi connectivity index (χ3v) is 4.31. The highest BCUT2D eigenvalue weighted by molar-refractivity contribution is 8.00. The van der Waals surface area contributed by atoms with Crippen LogP contribution < -0.4 is 4.74 Å². The number of ether oxygens (including phenoxy) is 1. The SMILES string of the molecule is CCOc1ccc(C(C)=O)cc1CSc1ncns1. The van der Waals surface area contributed by atoms with Gasteiger partial charge in [0, 0.05) is 16.9 Å². The van der Waals surface area contributed by atoms with E-state index in [1.165, 1.54) is 11.5 Å². The second-order valence-electron chi connectivity index (χ2n) is 3.81. The van der Waals surface area contributed by atoms with E-state index in [0.717, 1.165) is 15.7 Å². The fourth-order valence-corrected chi connectivity index (χ4v) is 3.00. The molecule has 0 aliphatic heterocycles. The van der Waals surface area contributed by atoms with E-state index < -0.39 is 0 Å². The van der Waals surface area contributed by atoms with Crippen molar-refractivity contribution in [1.82, 2.24) is 9.36 Å². The predicted octanol–water partition coefficient (Wildman–Crippen LogP) is 3.43. The van der Waals surface area contributed by atoms with Crippen LogP contribution in [-0.2, 0) is 5.75 Å². The van der Waals surface area contributed by atoms with E-state index in [-0.39, 0.29) is 5.78 Å². The highest BCUT2D eigenvalue weighted by Crippen LogP contribution is 2.29. The zero-order valence-corrected chi connectivity index (χ0v) is 12.4. The van der Waals surface area contributed by atoms with Crippen LogP contribution in [0.15, 0.2) is 28.9 Å². The topological polar surface area (TPSA) is 52.1 Å². The minimum absolute atomic E-state index is 0.0604. The van der Waals surface area contributed by atoms with Crippen molar-refractivity contribution < 1.29 is 9.53 Å². The Hall–Kier alpha value is -1.40. The van der Waals surface area contributed by atoms with Crippen molar-refractivity contribution in [2.24, 2.45) is 0 Å². The van der Waals surface area contributed by atoms with Gasteiger partial charge in [-0.1, -0.05) is 11.8 Å². The normalized spacial score (nSPS) is 10.4. The first-order valence-electron chi connectivity index (χ1n) is 5.87. The highest BCUT2D eigenvalue weighted by atomic mass is 32.2. The Morgan fingerprint density at radius 2 is 2.32 bits per heavy atom. The van der Waals surface area contributed by atoms with E-state index in [9.17, 15) is 4.79 Å². The van der Waals surface area contributed by atoms with Crippen LogP contribution in [0.1, 0.15) is 29.8 Å². The van der Waals surface area contributed by atoms with E-state index in [2.05, 4.69) is 9.36 Å². The second kappa shape index (κ2) is 6.68. The van der Waals surface area contributed by atoms with Gasteiger partial charge in [0.05, 0.1) is 6.61 Å². The van der Waals surface area contributed by atoms with Gasteiger partial charge in [0.25, 0.3) is 0 Å². The maximum Gasteiger partial charge on any atom is 0.170 e. The van der Waals surface area contributed by atoms with Crippen LogP contribution >= 0.6 is 23.3 Å². The number of hydrogen-bond donors (Lipinski definition) is 0. The van der Waals surface area contributed by atoms with Gasteiger partial charge in [0.2, 0.25) is 0 Å². The standard InChI is InChI=1S/C13H14N2O2S2/c1-3-17-12-5-4-10(9(2)16)6-11(12)7-18-13-14-8-15-19-13/h4-6,8H,3,7H2,1-2H3. The minimum atomic E-state index is 0.0604. The van der Waals surface area contributed by atoms with E-state index in [0.29, 0.717) is 17.9 Å². The third kappa shape index (κ3) is 3.78. The lowest BCUT2D eigenvalue weighted by Crippen LogP contribution is -1.99. The molecule has 2 aromatic rings. The summed E-state index contributed by atoms with van der Waals surface area (Å²) in [6, 6.07) is 5.55. The van der Waals surface area contributed by atoms with Crippen LogP contribution in [0, 0.1) is 0 Å². The van der Waals surface area contributed by atoms with Gasteiger partial charge in [-0.3, -0.25) is 4.79 Å². The van der Waals surface area contributed by atoms with E-state index >= 15 is 0 Å². The molecule has 1 aromatic carbocycles. The predicted molar refractivity (Wildman–Crippen MR) is 77.1 cm³/mol. The number of nitrogens with zero attached hydrogens (tertiary/aromatic N) is 2. The van der Waals surface area contributed by atoms with Crippen molar-refractivity contribution in [1.29, 1.82) is 0 Å². The molecule has 0 atom stereocenters. The molecule has 0 aliphatic carbocycles. The van der Waals surface area contributed by atoms with Crippen molar-refractivity contribution in [2.45, 2.75) is 23.9 Å². The number of hydrogen-bond acceptors (Lipinski definition) is 6. The summed E-state index contributed by atoms with van der Waals surface area (Å²) in [6.07, 6.45) is 1.54. The van der Waals surface area contributed by atoms with Gasteiger partial charge in [0.1, 0.15) is 12.1 Å². The van der Waals surface area contributed by atoms with Gasteiger partial charge >= 0.3 is 0 Å². The molecule has 2 rings (SSSR count). The van der Waals surface area contributed by atoms with Crippen molar-refractivity contribution in [3.8, 4) is 5.75 Å². The number of benzene rings is 1. The monoisotopic (exact) mass is 294 g/mol. The number of Topliss-reactive ketones (excluding diaryl/α,β-unsaturated/α-hetero) is 1. The summed E-state index contributed by atoms with van der Waals surface area (Å²) >= 11 is 2.96. The Balaban J connectivity index is 2.19. The summed E-state index contributed by atoms with van der Waals surface area (Å²) in [5.74, 6) is 1.60. The molecule has 100 valence electrons. The van der Waals surface area contributed by atoms with Gasteiger partial charge in [-0.25, -0.2) is 4.98 Å². The molecular formula is C13H14N2O2S2. The largest absolute Gasteiger partial charge is 0.494 e. The Bertz CT molecular complexity index is 556. The van der Waals surface area contributed by atoms with Crippen molar-refractivity contribution >= 4 is 29.1 Å². The molecular weight excluding hydrogens is 280 g/mol. The van der Waals surface area contributed by atoms with Crippen LogP contribution in [-0.4, -0.2) is 21.7 Å². The number of aromatic nitrogens is 2. The van der Waals surface area contributed by atoms with Crippen molar-refractivity contribution in [3.63, 3.8) is 0 Å². The molecule has 0 spiro atoms. The maximum atomic E-state index is 11.4. The molecule has 0 unspecified atom stereocenters. The smallest absolute Gasteiger partial charge is 0.170 e. The first-order chi connectivity index (χ1) is 9.20. The summed E-state index contributed by atoms with van der Waals surface area (Å²) in [4.78, 5) is 15.6. The Labute approximate surface area is 120 Å². The van der Waals surface area contributed by atoms with Crippen molar-refractivity contribution in [3.05, 3.63) is 35.7 Å². The summed E-state index contributed by atoms with van der Waals surface area (Å²) in [6.45, 7) is 4.12. The zero-order chi connectivity index (χ0) is 13.7. The molecule has 1 aromatic heterocycles. The van der Waals surface area contributed by atoms with Gasteiger partial charge in [-0.15, -0.1) is 0 Å². The van der Waals surface area contributed by atoms with Crippen LogP contribution in [0.5, 0.6) is 5.75 Å². The van der Waals surface area contributed by atoms with Crippen LogP contribution in [0.4, 0.5) is 0 Å². The quantitative estimate of drug-likeness (QED) is 0.603. The fraction of sp³-hybridized carbons (Fsp3) is 0.308. The molecule has 1 heterocycles. The number of rotatable bonds is 6. The zero-order valence-electron chi connectivity index (χ0n) is 10.8. The van der Waals surface area contributed by atoms with Gasteiger partial charge in [-0.2, -0.15) is 4.37 Å². The maximum absolute atomic E-state index is 11.4. The molecule has 0 bridgehead atoms. The summed E-state index contributed by atoms with van der Waals surface area (Å²) in [5, 5.41) is 0. The number of carbonyl (C=O) groups is 1. The third-order valence-electron chi connectivity index (χ3n) is 2.46. The summed E-state index contributed by atoms with van der Waals surface area (Å²) in [7, 11) is 0. The van der Waals surface area contributed by atoms with E-state index in [4.69, 9.17) is 4.74 Å². The number of thioether (sulfide) groups is 1. The number of carbonyl (C=O) groups excluding carboxylic acids is 1. The minimum Gasteiger partial charge on any atom is -0.494 e. The Kier molecular flexibility index (Phi) is 4.93. The Morgan fingerprint density at radius 1 is 1.47 bits per heavy atom. The summed E-state index contributed by atoms with van der Waals surface area (Å²) in [5.41, 5.74) is 1.71. The van der Waals surface area contributed by atoms with Crippen molar-refractivity contribution in [2.75, 3.05) is 6.61 Å². The van der Waals surface area contributed by atoms with Crippen LogP contribution in [0.25, 0.3) is 0 Å². The van der Waals surface area contributed by atoms with E-state index in [1.807, 2.05) is 19.1 Å². The lowest BCUT2D eigenvalue weighted by molar-refractivity contribution is 0.101. The molecule has 0 radical (unpaired) electrons. The van der Waals surface area contributed by atoms with Gasteiger partial charge in [0.15, 0.2) is 10.1 Å². The molecule has 0 N–H and O–H groups in total. The van der Waals surface area contributed by atoms with Gasteiger partial charge < -0.3 is 4.74 Å². The van der Waals surface area contributed by atoms with E-state index in [1.54, 1.807) is 31.1 Å².